The molecule has 0 radical (unpaired) electrons. The molecular formula is C17H29Br2N3O. The average molecular weight is 451 g/mol. The minimum absolute atomic E-state index is 0.346. The number of benzene rings is 1. The van der Waals surface area contributed by atoms with E-state index in [0.29, 0.717) is 5.75 Å². The van der Waals surface area contributed by atoms with E-state index in [4.69, 9.17) is 0 Å². The lowest BCUT2D eigenvalue weighted by Gasteiger charge is -2.24. The number of phenolic OH excluding ortho intramolecular Hbond substituents is 1. The van der Waals surface area contributed by atoms with Crippen molar-refractivity contribution >= 4 is 31.9 Å². The summed E-state index contributed by atoms with van der Waals surface area (Å²) in [5.74, 6) is 0.346. The molecular weight excluding hydrogens is 422 g/mol. The van der Waals surface area contributed by atoms with Crippen LogP contribution in [0.25, 0.3) is 0 Å². The minimum Gasteiger partial charge on any atom is -0.506 e. The first-order valence-electron chi connectivity index (χ1n) is 7.98. The third kappa shape index (κ3) is 8.49. The highest BCUT2D eigenvalue weighted by molar-refractivity contribution is 9.11. The van der Waals surface area contributed by atoms with Crippen LogP contribution in [0.2, 0.25) is 0 Å². The third-order valence-corrected chi connectivity index (χ3v) is 4.72. The molecule has 0 aliphatic rings. The summed E-state index contributed by atoms with van der Waals surface area (Å²) in [7, 11) is 8.42. The number of hydrogen-bond acceptors (Lipinski definition) is 4. The molecule has 0 heterocycles. The third-order valence-electron chi connectivity index (χ3n) is 3.66. The Bertz CT molecular complexity index is 467. The maximum Gasteiger partial charge on any atom is 0.134 e. The summed E-state index contributed by atoms with van der Waals surface area (Å²) in [5, 5.41) is 10.3. The molecule has 1 aromatic carbocycles. The van der Waals surface area contributed by atoms with Gasteiger partial charge in [-0.05, 0) is 95.3 Å². The molecule has 0 unspecified atom stereocenters. The van der Waals surface area contributed by atoms with Crippen molar-refractivity contribution in [3.63, 3.8) is 0 Å². The van der Waals surface area contributed by atoms with E-state index in [9.17, 15) is 5.11 Å². The Labute approximate surface area is 157 Å². The van der Waals surface area contributed by atoms with E-state index in [2.05, 4.69) is 74.8 Å². The monoisotopic (exact) mass is 449 g/mol. The van der Waals surface area contributed by atoms with E-state index >= 15 is 0 Å². The molecule has 0 amide bonds. The fourth-order valence-electron chi connectivity index (χ4n) is 2.47. The largest absolute Gasteiger partial charge is 0.506 e. The van der Waals surface area contributed by atoms with Crippen molar-refractivity contribution in [3.05, 3.63) is 26.6 Å². The van der Waals surface area contributed by atoms with Crippen LogP contribution < -0.4 is 0 Å². The summed E-state index contributed by atoms with van der Waals surface area (Å²) in [5.41, 5.74) is 0.959. The van der Waals surface area contributed by atoms with Gasteiger partial charge in [0.05, 0.1) is 4.47 Å². The average Bonchev–Trinajstić information content (AvgIpc) is 2.43. The Morgan fingerprint density at radius 2 is 1.39 bits per heavy atom. The summed E-state index contributed by atoms with van der Waals surface area (Å²) in [6, 6.07) is 3.88. The molecule has 23 heavy (non-hydrogen) atoms. The minimum atomic E-state index is 0.346. The van der Waals surface area contributed by atoms with Crippen molar-refractivity contribution in [2.45, 2.75) is 19.4 Å². The Hall–Kier alpha value is -0.140. The van der Waals surface area contributed by atoms with Gasteiger partial charge in [-0.3, -0.25) is 4.90 Å². The van der Waals surface area contributed by atoms with E-state index < -0.39 is 0 Å². The van der Waals surface area contributed by atoms with Crippen LogP contribution in [0.4, 0.5) is 0 Å². The van der Waals surface area contributed by atoms with E-state index in [1.165, 1.54) is 0 Å². The summed E-state index contributed by atoms with van der Waals surface area (Å²) in [6.45, 7) is 5.01. The lowest BCUT2D eigenvalue weighted by Crippen LogP contribution is -2.30. The Balaban J connectivity index is 2.70. The van der Waals surface area contributed by atoms with Gasteiger partial charge in [0.15, 0.2) is 0 Å². The zero-order valence-corrected chi connectivity index (χ0v) is 17.8. The number of nitrogens with zero attached hydrogens (tertiary/aromatic N) is 3. The molecule has 1 aromatic rings. The summed E-state index contributed by atoms with van der Waals surface area (Å²) < 4.78 is 1.72. The smallest absolute Gasteiger partial charge is 0.134 e. The predicted octanol–water partition coefficient (Wildman–Crippen LogP) is 3.62. The van der Waals surface area contributed by atoms with Gasteiger partial charge in [-0.1, -0.05) is 15.9 Å². The molecule has 4 nitrogen and oxygen atoms in total. The van der Waals surface area contributed by atoms with Gasteiger partial charge in [-0.15, -0.1) is 0 Å². The number of halogens is 2. The van der Waals surface area contributed by atoms with Gasteiger partial charge in [0.1, 0.15) is 5.75 Å². The van der Waals surface area contributed by atoms with Gasteiger partial charge in [-0.2, -0.15) is 0 Å². The molecule has 132 valence electrons. The van der Waals surface area contributed by atoms with Crippen LogP contribution in [-0.4, -0.2) is 74.2 Å². The van der Waals surface area contributed by atoms with Crippen molar-refractivity contribution in [1.82, 2.24) is 14.7 Å². The molecule has 0 aliphatic carbocycles. The molecule has 0 saturated carbocycles. The van der Waals surface area contributed by atoms with Crippen molar-refractivity contribution in [2.75, 3.05) is 54.4 Å². The van der Waals surface area contributed by atoms with E-state index in [1.807, 2.05) is 12.1 Å². The summed E-state index contributed by atoms with van der Waals surface area (Å²) in [6.07, 6.45) is 2.26. The van der Waals surface area contributed by atoms with Gasteiger partial charge >= 0.3 is 0 Å². The number of hydrogen-bond donors (Lipinski definition) is 1. The second-order valence-electron chi connectivity index (χ2n) is 6.49. The van der Waals surface area contributed by atoms with Crippen molar-refractivity contribution in [3.8, 4) is 5.75 Å². The van der Waals surface area contributed by atoms with Crippen molar-refractivity contribution in [2.24, 2.45) is 0 Å². The number of phenols is 1. The second kappa shape index (κ2) is 10.7. The van der Waals surface area contributed by atoms with Gasteiger partial charge in [-0.25, -0.2) is 0 Å². The Morgan fingerprint density at radius 3 is 1.87 bits per heavy atom. The second-order valence-corrected chi connectivity index (χ2v) is 8.26. The van der Waals surface area contributed by atoms with Crippen LogP contribution in [0.3, 0.4) is 0 Å². The van der Waals surface area contributed by atoms with E-state index in [0.717, 1.165) is 60.1 Å². The summed E-state index contributed by atoms with van der Waals surface area (Å²) >= 11 is 6.93. The quantitative estimate of drug-likeness (QED) is 0.589. The van der Waals surface area contributed by atoms with Crippen LogP contribution >= 0.6 is 31.9 Å². The molecule has 0 atom stereocenters. The normalized spacial score (nSPS) is 11.9. The standard InChI is InChI=1S/C17H29Br2N3O/c1-20(2)7-5-9-22(10-6-8-21(3)4)13-14-11-15(18)12-16(19)17(14)23/h11-12,23H,5-10,13H2,1-4H3. The maximum atomic E-state index is 10.3. The zero-order valence-electron chi connectivity index (χ0n) is 14.6. The number of aromatic hydroxyl groups is 1. The Morgan fingerprint density at radius 1 is 0.870 bits per heavy atom. The first kappa shape index (κ1) is 20.9. The maximum absolute atomic E-state index is 10.3. The Kier molecular flexibility index (Phi) is 9.70. The van der Waals surface area contributed by atoms with Gasteiger partial charge in [0, 0.05) is 16.6 Å². The predicted molar refractivity (Wildman–Crippen MR) is 105 cm³/mol. The van der Waals surface area contributed by atoms with Crippen LogP contribution in [0.5, 0.6) is 5.75 Å². The van der Waals surface area contributed by atoms with Crippen molar-refractivity contribution < 1.29 is 5.11 Å². The molecule has 0 aliphatic heterocycles. The molecule has 1 rings (SSSR count). The van der Waals surface area contributed by atoms with Crippen LogP contribution in [0.1, 0.15) is 18.4 Å². The number of rotatable bonds is 10. The lowest BCUT2D eigenvalue weighted by molar-refractivity contribution is 0.231. The fourth-order valence-corrected chi connectivity index (χ4v) is 3.79. The highest BCUT2D eigenvalue weighted by atomic mass is 79.9. The van der Waals surface area contributed by atoms with E-state index in [1.54, 1.807) is 0 Å². The van der Waals surface area contributed by atoms with Crippen LogP contribution in [-0.2, 0) is 6.54 Å². The highest BCUT2D eigenvalue weighted by Gasteiger charge is 2.12. The zero-order chi connectivity index (χ0) is 17.4. The molecule has 0 spiro atoms. The molecule has 6 heteroatoms. The van der Waals surface area contributed by atoms with Crippen molar-refractivity contribution in [1.29, 1.82) is 0 Å². The first-order chi connectivity index (χ1) is 10.8. The molecule has 0 bridgehead atoms. The van der Waals surface area contributed by atoms with Gasteiger partial charge < -0.3 is 14.9 Å². The molecule has 0 aromatic heterocycles. The van der Waals surface area contributed by atoms with Crippen LogP contribution in [0, 0.1) is 0 Å². The lowest BCUT2D eigenvalue weighted by atomic mass is 10.1. The fraction of sp³-hybridized carbons (Fsp3) is 0.647. The summed E-state index contributed by atoms with van der Waals surface area (Å²) in [4.78, 5) is 6.86. The first-order valence-corrected chi connectivity index (χ1v) is 9.57. The molecule has 0 fully saturated rings. The molecule has 1 N–H and O–H groups in total. The molecule has 0 saturated heterocycles. The SMILES string of the molecule is CN(C)CCCN(CCCN(C)C)Cc1cc(Br)cc(Br)c1O. The topological polar surface area (TPSA) is 30.0 Å². The van der Waals surface area contributed by atoms with E-state index in [-0.39, 0.29) is 0 Å². The van der Waals surface area contributed by atoms with Gasteiger partial charge in [0.25, 0.3) is 0 Å². The van der Waals surface area contributed by atoms with Crippen LogP contribution in [0.15, 0.2) is 21.1 Å². The van der Waals surface area contributed by atoms with Gasteiger partial charge in [0.2, 0.25) is 0 Å². The highest BCUT2D eigenvalue weighted by Crippen LogP contribution is 2.32.